The Morgan fingerprint density at radius 2 is 1.62 bits per heavy atom. The van der Waals surface area contributed by atoms with Crippen LogP contribution in [0.2, 0.25) is 6.82 Å². The van der Waals surface area contributed by atoms with E-state index in [0.29, 0.717) is 0 Å². The minimum atomic E-state index is -1.17. The van der Waals surface area contributed by atoms with Gasteiger partial charge >= 0.3 is 7.12 Å². The summed E-state index contributed by atoms with van der Waals surface area (Å²) in [6, 6.07) is 4.12. The molecule has 0 radical (unpaired) electrons. The fourth-order valence-electron chi connectivity index (χ4n) is 0.580. The Balaban J connectivity index is 0.000000217. The molecule has 0 aromatic carbocycles. The van der Waals surface area contributed by atoms with Gasteiger partial charge in [-0.15, -0.1) is 0 Å². The van der Waals surface area contributed by atoms with Crippen molar-refractivity contribution in [1.29, 1.82) is 0 Å². The number of rotatable bonds is 0. The topological polar surface area (TPSA) is 40.5 Å². The zero-order chi connectivity index (χ0) is 12.4. The summed E-state index contributed by atoms with van der Waals surface area (Å²) in [6.45, 7) is 3.37. The lowest BCUT2D eigenvalue weighted by Gasteiger charge is -1.71. The molecule has 0 spiro atoms. The van der Waals surface area contributed by atoms with Crippen LogP contribution in [0.5, 0.6) is 0 Å². The van der Waals surface area contributed by atoms with Gasteiger partial charge in [-0.1, -0.05) is 0 Å². The lowest BCUT2D eigenvalue weighted by molar-refractivity contribution is 0.417. The van der Waals surface area contributed by atoms with E-state index in [2.05, 4.69) is 39.7 Å². The molecule has 2 nitrogen and oxygen atoms in total. The van der Waals surface area contributed by atoms with Gasteiger partial charge in [0.15, 0.2) is 0 Å². The normalized spacial score (nSPS) is 8.31. The van der Waals surface area contributed by atoms with Crippen LogP contribution in [0.1, 0.15) is 5.56 Å². The second kappa shape index (κ2) is 10.0. The molecule has 16 heavy (non-hydrogen) atoms. The Labute approximate surface area is 113 Å². The van der Waals surface area contributed by atoms with Crippen LogP contribution >= 0.6 is 38.6 Å². The molecular weight excluding hydrogens is 307 g/mol. The summed E-state index contributed by atoms with van der Waals surface area (Å²) in [5.41, 5.74) is 1.36. The van der Waals surface area contributed by atoms with Crippen molar-refractivity contribution in [3.05, 3.63) is 43.7 Å². The van der Waals surface area contributed by atoms with Gasteiger partial charge in [-0.2, -0.15) is 22.7 Å². The van der Waals surface area contributed by atoms with Gasteiger partial charge in [-0.3, -0.25) is 0 Å². The van der Waals surface area contributed by atoms with Crippen molar-refractivity contribution in [3.8, 4) is 0 Å². The van der Waals surface area contributed by atoms with E-state index in [0.717, 1.165) is 0 Å². The predicted octanol–water partition coefficient (Wildman–Crippen LogP) is 3.66. The molecule has 0 aliphatic heterocycles. The molecule has 2 aromatic rings. The minimum absolute atomic E-state index is 1.17. The van der Waals surface area contributed by atoms with E-state index in [1.165, 1.54) is 16.9 Å². The Kier molecular flexibility index (Phi) is 9.96. The predicted molar refractivity (Wildman–Crippen MR) is 77.1 cm³/mol. The summed E-state index contributed by atoms with van der Waals surface area (Å²) in [6.07, 6.45) is 0. The number of hydrogen-bond acceptors (Lipinski definition) is 4. The molecule has 0 saturated heterocycles. The summed E-state index contributed by atoms with van der Waals surface area (Å²) in [5.74, 6) is 0. The van der Waals surface area contributed by atoms with Crippen LogP contribution in [-0.4, -0.2) is 17.2 Å². The van der Waals surface area contributed by atoms with E-state index in [9.17, 15) is 0 Å². The third-order valence-electron chi connectivity index (χ3n) is 1.15. The quantitative estimate of drug-likeness (QED) is 0.727. The van der Waals surface area contributed by atoms with E-state index in [1.807, 2.05) is 16.8 Å². The molecule has 0 unspecified atom stereocenters. The maximum atomic E-state index is 7.61. The average molecular weight is 321 g/mol. The first-order valence-corrected chi connectivity index (χ1v) is 7.23. The standard InChI is InChI=1S/C5H6S.C4H3BrS.CH5BO2/c1-5-2-3-6-4-5;5-4-1-2-6-3-4;1-2(3)4/h2-4H,1H3;1-3H;3-4H,1H3. The molecule has 6 heteroatoms. The molecule has 0 atom stereocenters. The third-order valence-corrected chi connectivity index (χ3v) is 3.43. The molecule has 2 aromatic heterocycles. The van der Waals surface area contributed by atoms with Crippen molar-refractivity contribution in [2.45, 2.75) is 13.7 Å². The van der Waals surface area contributed by atoms with Crippen LogP contribution in [0.4, 0.5) is 0 Å². The van der Waals surface area contributed by atoms with Gasteiger partial charge in [0.25, 0.3) is 0 Å². The third kappa shape index (κ3) is 11.9. The fourth-order valence-corrected chi connectivity index (χ4v) is 2.39. The van der Waals surface area contributed by atoms with Crippen LogP contribution in [0.15, 0.2) is 38.1 Å². The van der Waals surface area contributed by atoms with E-state index in [1.54, 1.807) is 22.7 Å². The van der Waals surface area contributed by atoms with Crippen molar-refractivity contribution in [2.24, 2.45) is 0 Å². The number of halogens is 1. The second-order valence-corrected chi connectivity index (χ2v) is 5.35. The van der Waals surface area contributed by atoms with Crippen molar-refractivity contribution < 1.29 is 10.0 Å². The summed E-state index contributed by atoms with van der Waals surface area (Å²) < 4.78 is 1.17. The highest BCUT2D eigenvalue weighted by molar-refractivity contribution is 9.10. The lowest BCUT2D eigenvalue weighted by Crippen LogP contribution is -2.00. The molecule has 2 heterocycles. The van der Waals surface area contributed by atoms with Crippen LogP contribution in [0.25, 0.3) is 0 Å². The Morgan fingerprint density at radius 3 is 1.75 bits per heavy atom. The van der Waals surface area contributed by atoms with Gasteiger partial charge in [0.05, 0.1) is 0 Å². The molecular formula is C10H14BBrO2S2. The van der Waals surface area contributed by atoms with Crippen LogP contribution in [0.3, 0.4) is 0 Å². The largest absolute Gasteiger partial charge is 0.448 e. The van der Waals surface area contributed by atoms with Gasteiger partial charge < -0.3 is 10.0 Å². The molecule has 0 bridgehead atoms. The average Bonchev–Trinajstić information content (AvgIpc) is 2.78. The van der Waals surface area contributed by atoms with Crippen molar-refractivity contribution >= 4 is 45.7 Å². The maximum absolute atomic E-state index is 7.61. The lowest BCUT2D eigenvalue weighted by atomic mass is 9.99. The monoisotopic (exact) mass is 320 g/mol. The van der Waals surface area contributed by atoms with Crippen molar-refractivity contribution in [2.75, 3.05) is 0 Å². The first kappa shape index (κ1) is 15.9. The zero-order valence-corrected chi connectivity index (χ0v) is 12.3. The SMILES string of the molecule is Brc1ccsc1.CB(O)O.Cc1ccsc1. The zero-order valence-electron chi connectivity index (χ0n) is 9.13. The minimum Gasteiger partial charge on any atom is -0.427 e. The molecule has 2 rings (SSSR count). The summed E-state index contributed by atoms with van der Waals surface area (Å²) >= 11 is 6.72. The number of aryl methyl sites for hydroxylation is 1. The first-order valence-electron chi connectivity index (χ1n) is 4.55. The van der Waals surface area contributed by atoms with Crippen LogP contribution < -0.4 is 0 Å². The van der Waals surface area contributed by atoms with E-state index in [4.69, 9.17) is 10.0 Å². The van der Waals surface area contributed by atoms with E-state index < -0.39 is 7.12 Å². The van der Waals surface area contributed by atoms with Gasteiger partial charge in [-0.25, -0.2) is 0 Å². The van der Waals surface area contributed by atoms with Crippen molar-refractivity contribution in [3.63, 3.8) is 0 Å². The van der Waals surface area contributed by atoms with E-state index in [-0.39, 0.29) is 0 Å². The Hall–Kier alpha value is -0.135. The Bertz CT molecular complexity index is 301. The van der Waals surface area contributed by atoms with Crippen LogP contribution in [-0.2, 0) is 0 Å². The summed E-state index contributed by atoms with van der Waals surface area (Å²) in [4.78, 5) is 0. The highest BCUT2D eigenvalue weighted by Crippen LogP contribution is 2.11. The smallest absolute Gasteiger partial charge is 0.427 e. The summed E-state index contributed by atoms with van der Waals surface area (Å²) in [7, 11) is -1.17. The van der Waals surface area contributed by atoms with Crippen molar-refractivity contribution in [1.82, 2.24) is 0 Å². The molecule has 0 fully saturated rings. The van der Waals surface area contributed by atoms with Gasteiger partial charge in [0.1, 0.15) is 0 Å². The Morgan fingerprint density at radius 1 is 1.12 bits per heavy atom. The molecule has 2 N–H and O–H groups in total. The van der Waals surface area contributed by atoms with Gasteiger partial charge in [-0.05, 0) is 63.5 Å². The highest BCUT2D eigenvalue weighted by Gasteiger charge is 1.86. The molecule has 0 aliphatic carbocycles. The van der Waals surface area contributed by atoms with E-state index >= 15 is 0 Å². The van der Waals surface area contributed by atoms with Gasteiger partial charge in [0.2, 0.25) is 0 Å². The highest BCUT2D eigenvalue weighted by atomic mass is 79.9. The molecule has 88 valence electrons. The first-order chi connectivity index (χ1) is 7.52. The molecule has 0 saturated carbocycles. The molecule has 0 amide bonds. The second-order valence-electron chi connectivity index (χ2n) is 2.87. The molecule has 0 aliphatic rings. The number of hydrogen-bond donors (Lipinski definition) is 2. The van der Waals surface area contributed by atoms with Gasteiger partial charge in [0, 0.05) is 9.85 Å². The fraction of sp³-hybridized carbons (Fsp3) is 0.200. The number of thiophene rings is 2. The van der Waals surface area contributed by atoms with Crippen LogP contribution in [0, 0.1) is 6.92 Å². The summed E-state index contributed by atoms with van der Waals surface area (Å²) in [5, 5.41) is 23.5. The maximum Gasteiger partial charge on any atom is 0.448 e.